The molecule has 0 aromatic heterocycles. The Labute approximate surface area is 202 Å². The van der Waals surface area contributed by atoms with E-state index in [1.165, 1.54) is 11.6 Å². The Balaban J connectivity index is 0. The largest absolute Gasteiger partial charge is 0.506 e. The quantitative estimate of drug-likeness (QED) is 0.142. The Hall–Kier alpha value is -3.97. The number of hydrogen-bond acceptors (Lipinski definition) is 7. The molecule has 0 heterocycles. The zero-order valence-corrected chi connectivity index (χ0v) is 19.3. The van der Waals surface area contributed by atoms with Gasteiger partial charge in [-0.25, -0.2) is 9.59 Å². The number of phenolic OH excluding ortho intramolecular Hbond substituents is 1. The number of benzene rings is 2. The van der Waals surface area contributed by atoms with Gasteiger partial charge in [0, 0.05) is 24.7 Å². The van der Waals surface area contributed by atoms with E-state index in [1.807, 2.05) is 31.2 Å². The van der Waals surface area contributed by atoms with Crippen LogP contribution in [0.25, 0.3) is 0 Å². The van der Waals surface area contributed by atoms with Crippen LogP contribution in [-0.2, 0) is 20.8 Å². The molecule has 0 radical (unpaired) electrons. The van der Waals surface area contributed by atoms with Gasteiger partial charge in [-0.1, -0.05) is 18.2 Å². The maximum Gasteiger partial charge on any atom is 0.328 e. The summed E-state index contributed by atoms with van der Waals surface area (Å²) in [6, 6.07) is 12.7. The first-order valence-electron chi connectivity index (χ1n) is 9.87. The Kier molecular flexibility index (Phi) is 16.6. The van der Waals surface area contributed by atoms with E-state index < -0.39 is 18.0 Å². The normalized spacial score (nSPS) is 11.5. The van der Waals surface area contributed by atoms with Gasteiger partial charge in [-0.3, -0.25) is 4.79 Å². The summed E-state index contributed by atoms with van der Waals surface area (Å²) in [5, 5.41) is 41.3. The second-order valence-electron chi connectivity index (χ2n) is 6.93. The first-order chi connectivity index (χ1) is 15.7. The molecule has 2 unspecified atom stereocenters. The van der Waals surface area contributed by atoms with E-state index >= 15 is 0 Å². The predicted molar refractivity (Wildman–Crippen MR) is 129 cm³/mol. The molecular formula is C23H32N2O10. The average Bonchev–Trinajstić information content (AvgIpc) is 2.78. The fourth-order valence-electron chi connectivity index (χ4n) is 2.70. The number of hydrogen-bond donors (Lipinski definition) is 6. The highest BCUT2D eigenvalue weighted by Crippen LogP contribution is 2.26. The SMILES string of the molecule is COc1ccc(CC(C)NCC(O)c2ccc(O)c(NC=O)c2)cc1.O.O.O=C(O)/C=C/C(=O)O. The van der Waals surface area contributed by atoms with Gasteiger partial charge in [-0.2, -0.15) is 0 Å². The molecule has 2 atom stereocenters. The van der Waals surface area contributed by atoms with Crippen LogP contribution in [0.1, 0.15) is 24.2 Å². The minimum atomic E-state index is -1.26. The van der Waals surface area contributed by atoms with Crippen LogP contribution in [0.15, 0.2) is 54.6 Å². The summed E-state index contributed by atoms with van der Waals surface area (Å²) >= 11 is 0. The number of aromatic hydroxyl groups is 1. The van der Waals surface area contributed by atoms with E-state index in [-0.39, 0.29) is 28.4 Å². The fourth-order valence-corrected chi connectivity index (χ4v) is 2.70. The van der Waals surface area contributed by atoms with Crippen LogP contribution >= 0.6 is 0 Å². The Morgan fingerprint density at radius 3 is 2.09 bits per heavy atom. The molecule has 2 aromatic carbocycles. The second kappa shape index (κ2) is 17.5. The maximum absolute atomic E-state index is 10.5. The van der Waals surface area contributed by atoms with Gasteiger partial charge in [0.1, 0.15) is 11.5 Å². The molecule has 194 valence electrons. The number of carboxylic acids is 2. The minimum Gasteiger partial charge on any atom is -0.506 e. The molecule has 0 aliphatic carbocycles. The van der Waals surface area contributed by atoms with Crippen LogP contribution in [0, 0.1) is 0 Å². The number of aliphatic hydroxyl groups excluding tert-OH is 1. The highest BCUT2D eigenvalue weighted by atomic mass is 16.5. The molecule has 0 bridgehead atoms. The molecule has 1 amide bonds. The number of aliphatic hydroxyl groups is 1. The number of anilines is 1. The van der Waals surface area contributed by atoms with Gasteiger partial charge in [-0.05, 0) is 48.7 Å². The number of methoxy groups -OCH3 is 1. The summed E-state index contributed by atoms with van der Waals surface area (Å²) in [4.78, 5) is 29.6. The van der Waals surface area contributed by atoms with Gasteiger partial charge in [0.25, 0.3) is 0 Å². The number of carbonyl (C=O) groups is 3. The molecule has 0 fully saturated rings. The zero-order valence-electron chi connectivity index (χ0n) is 19.3. The van der Waals surface area contributed by atoms with Crippen molar-refractivity contribution in [1.82, 2.24) is 5.32 Å². The smallest absolute Gasteiger partial charge is 0.328 e. The second-order valence-corrected chi connectivity index (χ2v) is 6.93. The lowest BCUT2D eigenvalue weighted by Gasteiger charge is -2.18. The van der Waals surface area contributed by atoms with Crippen LogP contribution < -0.4 is 15.4 Å². The third-order valence-electron chi connectivity index (χ3n) is 4.35. The lowest BCUT2D eigenvalue weighted by molar-refractivity contribution is -0.134. The number of carboxylic acid groups (broad SMARTS) is 2. The zero-order chi connectivity index (χ0) is 24.8. The number of ether oxygens (including phenoxy) is 1. The fraction of sp³-hybridized carbons (Fsp3) is 0.261. The molecule has 0 aliphatic heterocycles. The maximum atomic E-state index is 10.5. The summed E-state index contributed by atoms with van der Waals surface area (Å²) in [6.07, 6.45) is 1.68. The average molecular weight is 497 g/mol. The van der Waals surface area contributed by atoms with Crippen LogP contribution in [0.3, 0.4) is 0 Å². The van der Waals surface area contributed by atoms with Gasteiger partial charge < -0.3 is 46.7 Å². The Bertz CT molecular complexity index is 932. The van der Waals surface area contributed by atoms with Crippen molar-refractivity contribution in [2.75, 3.05) is 19.0 Å². The number of phenols is 1. The molecule has 0 aliphatic rings. The number of carbonyl (C=O) groups excluding carboxylic acids is 1. The molecule has 35 heavy (non-hydrogen) atoms. The Morgan fingerprint density at radius 2 is 1.60 bits per heavy atom. The van der Waals surface area contributed by atoms with E-state index in [0.29, 0.717) is 30.7 Å². The predicted octanol–water partition coefficient (Wildman–Crippen LogP) is 0.286. The monoisotopic (exact) mass is 496 g/mol. The molecule has 12 heteroatoms. The molecule has 0 spiro atoms. The van der Waals surface area contributed by atoms with Crippen molar-refractivity contribution in [3.8, 4) is 11.5 Å². The van der Waals surface area contributed by atoms with Crippen molar-refractivity contribution >= 4 is 24.0 Å². The lowest BCUT2D eigenvalue weighted by atomic mass is 10.1. The minimum absolute atomic E-state index is 0. The molecule has 2 rings (SSSR count). The summed E-state index contributed by atoms with van der Waals surface area (Å²) < 4.78 is 5.14. The van der Waals surface area contributed by atoms with Crippen LogP contribution in [0.5, 0.6) is 11.5 Å². The topological polar surface area (TPSA) is 228 Å². The number of amides is 1. The highest BCUT2D eigenvalue weighted by Gasteiger charge is 2.12. The molecule has 12 nitrogen and oxygen atoms in total. The number of nitrogens with one attached hydrogen (secondary N) is 2. The standard InChI is InChI=1S/C19H24N2O4.C4H4O4.2H2O/c1-13(9-14-3-6-16(25-2)7-4-14)20-11-19(24)15-5-8-18(23)17(10-15)21-12-22;5-3(6)1-2-4(7)8;;/h3-8,10,12-13,19-20,23-24H,9,11H2,1-2H3,(H,21,22);1-2H,(H,5,6)(H,7,8);2*1H2/b;2-1+;;. The summed E-state index contributed by atoms with van der Waals surface area (Å²) in [7, 11) is 1.64. The van der Waals surface area contributed by atoms with E-state index in [1.54, 1.807) is 19.2 Å². The summed E-state index contributed by atoms with van der Waals surface area (Å²) in [5.41, 5.74) is 2.07. The van der Waals surface area contributed by atoms with Crippen molar-refractivity contribution in [2.24, 2.45) is 0 Å². The van der Waals surface area contributed by atoms with Crippen molar-refractivity contribution in [3.63, 3.8) is 0 Å². The lowest BCUT2D eigenvalue weighted by Crippen LogP contribution is -2.32. The van der Waals surface area contributed by atoms with Crippen LogP contribution in [-0.4, -0.2) is 69.4 Å². The third kappa shape index (κ3) is 13.4. The van der Waals surface area contributed by atoms with Gasteiger partial charge in [0.15, 0.2) is 0 Å². The number of aliphatic carboxylic acids is 2. The van der Waals surface area contributed by atoms with E-state index in [4.69, 9.17) is 14.9 Å². The summed E-state index contributed by atoms with van der Waals surface area (Å²) in [5.74, 6) is -1.73. The van der Waals surface area contributed by atoms with Gasteiger partial charge in [0.05, 0.1) is 18.9 Å². The third-order valence-corrected chi connectivity index (χ3v) is 4.35. The molecular weight excluding hydrogens is 464 g/mol. The van der Waals surface area contributed by atoms with Gasteiger partial charge in [0.2, 0.25) is 6.41 Å². The van der Waals surface area contributed by atoms with Crippen molar-refractivity contribution in [3.05, 3.63) is 65.7 Å². The molecule has 0 saturated carbocycles. The summed E-state index contributed by atoms with van der Waals surface area (Å²) in [6.45, 7) is 2.41. The van der Waals surface area contributed by atoms with Gasteiger partial charge in [-0.15, -0.1) is 0 Å². The van der Waals surface area contributed by atoms with Crippen molar-refractivity contribution in [1.29, 1.82) is 0 Å². The van der Waals surface area contributed by atoms with Gasteiger partial charge >= 0.3 is 11.9 Å². The van der Waals surface area contributed by atoms with Crippen LogP contribution in [0.4, 0.5) is 5.69 Å². The first kappa shape index (κ1) is 33.2. The molecule has 2 aromatic rings. The molecule has 0 saturated heterocycles. The van der Waals surface area contributed by atoms with Crippen molar-refractivity contribution in [2.45, 2.75) is 25.5 Å². The van der Waals surface area contributed by atoms with Crippen LogP contribution in [0.2, 0.25) is 0 Å². The first-order valence-corrected chi connectivity index (χ1v) is 9.87. The van der Waals surface area contributed by atoms with E-state index in [9.17, 15) is 24.6 Å². The highest BCUT2D eigenvalue weighted by molar-refractivity contribution is 5.89. The van der Waals surface area contributed by atoms with E-state index in [0.717, 1.165) is 12.2 Å². The number of rotatable bonds is 11. The van der Waals surface area contributed by atoms with E-state index in [2.05, 4.69) is 10.6 Å². The van der Waals surface area contributed by atoms with Crippen molar-refractivity contribution < 1.29 is 50.5 Å². The molecule has 10 N–H and O–H groups in total. The Morgan fingerprint density at radius 1 is 1.03 bits per heavy atom.